The summed E-state index contributed by atoms with van der Waals surface area (Å²) in [6, 6.07) is 1.74. The van der Waals surface area contributed by atoms with Gasteiger partial charge in [-0.05, 0) is 32.8 Å². The topological polar surface area (TPSA) is 168 Å². The molecule has 3 aliphatic carbocycles. The zero-order valence-electron chi connectivity index (χ0n) is 27.4. The van der Waals surface area contributed by atoms with Gasteiger partial charge in [-0.2, -0.15) is 0 Å². The lowest BCUT2D eigenvalue weighted by Gasteiger charge is -2.67. The third-order valence-corrected chi connectivity index (χ3v) is 12.1. The number of rotatable bonds is 6. The van der Waals surface area contributed by atoms with Crippen LogP contribution in [0.2, 0.25) is 0 Å². The number of hydrogen-bond acceptors (Lipinski definition) is 12. The average Bonchev–Trinajstić information content (AvgIpc) is 3.49. The van der Waals surface area contributed by atoms with Crippen LogP contribution in [0, 0.1) is 34.0 Å². The van der Waals surface area contributed by atoms with Gasteiger partial charge in [0.1, 0.15) is 23.9 Å². The number of hydrogen-bond donors (Lipinski definition) is 1. The molecule has 5 fully saturated rings. The summed E-state index contributed by atoms with van der Waals surface area (Å²) in [5, 5.41) is 12.8. The third-order valence-electron chi connectivity index (χ3n) is 12.1. The van der Waals surface area contributed by atoms with Gasteiger partial charge in [-0.25, -0.2) is 9.59 Å². The van der Waals surface area contributed by atoms with Gasteiger partial charge in [-0.1, -0.05) is 33.8 Å². The lowest BCUT2D eigenvalue weighted by molar-refractivity contribution is -0.261. The Balaban J connectivity index is 1.58. The monoisotopic (exact) mass is 642 g/mol. The molecule has 12 heteroatoms. The van der Waals surface area contributed by atoms with E-state index in [-0.39, 0.29) is 12.0 Å². The number of ketones is 1. The number of ether oxygens (including phenoxy) is 5. The van der Waals surface area contributed by atoms with Crippen molar-refractivity contribution in [1.29, 1.82) is 0 Å². The first-order chi connectivity index (χ1) is 21.5. The number of Topliss-reactive ketones (excluding diaryl/α,β-unsaturated/α-hetero) is 1. The van der Waals surface area contributed by atoms with E-state index in [1.165, 1.54) is 12.5 Å². The number of epoxide rings is 1. The Morgan fingerprint density at radius 3 is 2.39 bits per heavy atom. The van der Waals surface area contributed by atoms with E-state index in [0.29, 0.717) is 18.4 Å². The predicted molar refractivity (Wildman–Crippen MR) is 156 cm³/mol. The lowest BCUT2D eigenvalue weighted by atomic mass is 9.36. The summed E-state index contributed by atoms with van der Waals surface area (Å²) < 4.78 is 34.7. The van der Waals surface area contributed by atoms with Gasteiger partial charge in [0.05, 0.1) is 26.1 Å². The summed E-state index contributed by atoms with van der Waals surface area (Å²) in [5.41, 5.74) is -6.29. The van der Waals surface area contributed by atoms with E-state index in [1.807, 2.05) is 6.92 Å². The van der Waals surface area contributed by atoms with Crippen LogP contribution in [0.5, 0.6) is 0 Å². The van der Waals surface area contributed by atoms with Crippen LogP contribution in [-0.2, 0) is 47.7 Å². The molecule has 11 atom stereocenters. The van der Waals surface area contributed by atoms with Gasteiger partial charge in [0, 0.05) is 52.1 Å². The molecule has 1 aromatic rings. The number of furan rings is 1. The van der Waals surface area contributed by atoms with Gasteiger partial charge in [0.25, 0.3) is 0 Å². The maximum atomic E-state index is 15.0. The van der Waals surface area contributed by atoms with Crippen LogP contribution in [0.25, 0.3) is 0 Å². The first kappa shape index (κ1) is 32.4. The van der Waals surface area contributed by atoms with Gasteiger partial charge in [-0.15, -0.1) is 0 Å². The zero-order valence-corrected chi connectivity index (χ0v) is 27.4. The molecular weight excluding hydrogens is 600 g/mol. The smallest absolute Gasteiger partial charge is 0.347 e. The fraction of sp³-hybridized carbons (Fsp3) is 0.676. The first-order valence-corrected chi connectivity index (χ1v) is 15.7. The quantitative estimate of drug-likeness (QED) is 0.208. The van der Waals surface area contributed by atoms with Crippen molar-refractivity contribution in [3.05, 3.63) is 35.8 Å². The summed E-state index contributed by atoms with van der Waals surface area (Å²) in [5.74, 6) is -5.86. The molecule has 1 unspecified atom stereocenters. The number of cyclic esters (lactones) is 1. The fourth-order valence-electron chi connectivity index (χ4n) is 10.2. The van der Waals surface area contributed by atoms with Crippen LogP contribution in [0.15, 0.2) is 34.7 Å². The summed E-state index contributed by atoms with van der Waals surface area (Å²) in [6.45, 7) is 11.4. The summed E-state index contributed by atoms with van der Waals surface area (Å²) in [4.78, 5) is 67.6. The molecule has 3 saturated carbocycles. The molecule has 2 saturated heterocycles. The molecular formula is C34H42O12. The van der Waals surface area contributed by atoms with Crippen LogP contribution >= 0.6 is 0 Å². The molecule has 0 radical (unpaired) electrons. The lowest BCUT2D eigenvalue weighted by Crippen LogP contribution is -2.81. The molecule has 3 heterocycles. The van der Waals surface area contributed by atoms with E-state index in [0.717, 1.165) is 14.0 Å². The largest absolute Gasteiger partial charge is 0.472 e. The first-order valence-electron chi connectivity index (χ1n) is 15.7. The van der Waals surface area contributed by atoms with Crippen LogP contribution < -0.4 is 0 Å². The highest BCUT2D eigenvalue weighted by molar-refractivity contribution is 5.99. The van der Waals surface area contributed by atoms with Crippen LogP contribution in [-0.4, -0.2) is 71.4 Å². The van der Waals surface area contributed by atoms with Crippen molar-refractivity contribution in [3.8, 4) is 0 Å². The number of carbonyl (C=O) groups is 5. The van der Waals surface area contributed by atoms with E-state index >= 15 is 0 Å². The van der Waals surface area contributed by atoms with E-state index in [2.05, 4.69) is 0 Å². The average molecular weight is 643 g/mol. The second-order valence-corrected chi connectivity index (χ2v) is 14.7. The highest BCUT2D eigenvalue weighted by Gasteiger charge is 2.91. The maximum absolute atomic E-state index is 15.0. The number of methoxy groups -OCH3 is 1. The molecule has 2 bridgehead atoms. The number of aliphatic hydroxyl groups is 1. The molecule has 12 nitrogen and oxygen atoms in total. The van der Waals surface area contributed by atoms with Crippen molar-refractivity contribution in [3.63, 3.8) is 0 Å². The van der Waals surface area contributed by atoms with Crippen molar-refractivity contribution in [2.24, 2.45) is 34.0 Å². The van der Waals surface area contributed by atoms with Gasteiger partial charge in [0.15, 0.2) is 11.4 Å². The van der Waals surface area contributed by atoms with Gasteiger partial charge >= 0.3 is 23.9 Å². The van der Waals surface area contributed by atoms with Gasteiger partial charge in [-0.3, -0.25) is 14.4 Å². The minimum Gasteiger partial charge on any atom is -0.472 e. The summed E-state index contributed by atoms with van der Waals surface area (Å²) in [7, 11) is 1.15. The van der Waals surface area contributed by atoms with Crippen LogP contribution in [0.1, 0.15) is 79.4 Å². The van der Waals surface area contributed by atoms with Crippen LogP contribution in [0.4, 0.5) is 0 Å². The standard InChI is InChI=1S/C34H42O12/c1-9-16(2)25(37)45-28-30(4,5)23(22(26(38)41-8)43-17(3)35)32(7)19-10-12-31(6)20(34(19)29(46-34)33(28,40)27(32)39)14-21(36)44-24(31)18-11-13-42-15-18/h9,11,13,15,19-20,22-24,28-29,40H,10,12,14H2,1-8H3/b16-9+/t19-,20-,22+,23?,24+,28+,29-,31-,32-,33+,34-/m1/s1. The van der Waals surface area contributed by atoms with E-state index < -0.39 is 99.3 Å². The summed E-state index contributed by atoms with van der Waals surface area (Å²) in [6.07, 6.45) is 0.521. The van der Waals surface area contributed by atoms with Crippen molar-refractivity contribution in [1.82, 2.24) is 0 Å². The molecule has 6 rings (SSSR count). The van der Waals surface area contributed by atoms with Gasteiger partial charge < -0.3 is 33.2 Å². The molecule has 0 amide bonds. The second kappa shape index (κ2) is 10.2. The number of esters is 4. The molecule has 2 aliphatic heterocycles. The Hall–Kier alpha value is -3.51. The Labute approximate surface area is 267 Å². The third kappa shape index (κ3) is 3.95. The molecule has 1 N–H and O–H groups in total. The Kier molecular flexibility index (Phi) is 7.22. The summed E-state index contributed by atoms with van der Waals surface area (Å²) >= 11 is 0. The minimum absolute atomic E-state index is 0.0429. The van der Waals surface area contributed by atoms with E-state index in [4.69, 9.17) is 28.1 Å². The molecule has 0 aromatic carbocycles. The van der Waals surface area contributed by atoms with Gasteiger partial charge in [0.2, 0.25) is 6.10 Å². The van der Waals surface area contributed by atoms with Crippen LogP contribution in [0.3, 0.4) is 0 Å². The van der Waals surface area contributed by atoms with Crippen molar-refractivity contribution in [2.45, 2.75) is 103 Å². The Bertz CT molecular complexity index is 1530. The minimum atomic E-state index is -2.36. The number of allylic oxidation sites excluding steroid dienone is 1. The highest BCUT2D eigenvalue weighted by Crippen LogP contribution is 2.78. The fourth-order valence-corrected chi connectivity index (χ4v) is 10.2. The SMILES string of the molecule is C/C=C(\C)C(=O)O[C@H]1C(C)(C)C([C@H](OC(C)=O)C(=O)OC)[C@]2(C)C(=O)[C@@]1(O)[C@H]1O[C@]13[C@@H]1CC(=O)O[C@@H](c4ccoc4)[C@]1(C)CC[C@@H]32. The zero-order chi connectivity index (χ0) is 33.8. The predicted octanol–water partition coefficient (Wildman–Crippen LogP) is 3.40. The van der Waals surface area contributed by atoms with E-state index in [9.17, 15) is 29.1 Å². The Morgan fingerprint density at radius 1 is 1.11 bits per heavy atom. The molecule has 5 aliphatic rings. The number of fused-ring (bicyclic) bond motifs is 5. The molecule has 250 valence electrons. The second-order valence-electron chi connectivity index (χ2n) is 14.7. The van der Waals surface area contributed by atoms with Crippen molar-refractivity contribution >= 4 is 29.7 Å². The van der Waals surface area contributed by atoms with E-state index in [1.54, 1.807) is 46.8 Å². The molecule has 1 aromatic heterocycles. The number of carbonyl (C=O) groups excluding carboxylic acids is 5. The highest BCUT2D eigenvalue weighted by atomic mass is 16.6. The molecule has 46 heavy (non-hydrogen) atoms. The normalized spacial score (nSPS) is 42.8. The Morgan fingerprint density at radius 2 is 1.80 bits per heavy atom. The van der Waals surface area contributed by atoms with Crippen molar-refractivity contribution in [2.75, 3.05) is 7.11 Å². The van der Waals surface area contributed by atoms with Crippen molar-refractivity contribution < 1.29 is 57.2 Å². The maximum Gasteiger partial charge on any atom is 0.347 e. The molecule has 1 spiro atoms.